The van der Waals surface area contributed by atoms with Crippen molar-refractivity contribution in [2.75, 3.05) is 13.1 Å². The maximum absolute atomic E-state index is 10.5. The van der Waals surface area contributed by atoms with E-state index in [0.717, 1.165) is 36.6 Å². The monoisotopic (exact) mass is 302 g/mol. The summed E-state index contributed by atoms with van der Waals surface area (Å²) in [6, 6.07) is 13.7. The summed E-state index contributed by atoms with van der Waals surface area (Å²) < 4.78 is 0. The molecule has 0 fully saturated rings. The van der Waals surface area contributed by atoms with Gasteiger partial charge in [-0.3, -0.25) is 14.8 Å². The first-order chi connectivity index (χ1) is 10.7. The molecule has 0 aliphatic carbocycles. The Bertz CT molecular complexity index is 599. The lowest BCUT2D eigenvalue weighted by Gasteiger charge is -2.00. The first-order valence-corrected chi connectivity index (χ1v) is 7.29. The Morgan fingerprint density at radius 2 is 1.91 bits per heavy atom. The largest absolute Gasteiger partial charge is 0.308 e. The minimum atomic E-state index is -0.392. The van der Waals surface area contributed by atoms with Crippen LogP contribution < -0.4 is 10.8 Å². The van der Waals surface area contributed by atoms with Crippen LogP contribution in [0.25, 0.3) is 10.8 Å². The average Bonchev–Trinajstić information content (AvgIpc) is 2.58. The second-order valence-electron chi connectivity index (χ2n) is 4.79. The maximum atomic E-state index is 10.5. The lowest BCUT2D eigenvalue weighted by Crippen LogP contribution is -2.32. The van der Waals surface area contributed by atoms with Gasteiger partial charge >= 0.3 is 0 Å². The summed E-state index contributed by atoms with van der Waals surface area (Å²) in [5, 5.41) is 13.2. The molecule has 0 aromatic heterocycles. The summed E-state index contributed by atoms with van der Waals surface area (Å²) in [6.45, 7) is 3.09. The molecular formula is C17H22N2O3. The quantitative estimate of drug-likeness (QED) is 0.332. The van der Waals surface area contributed by atoms with E-state index in [1.54, 1.807) is 5.48 Å². The third-order valence-electron chi connectivity index (χ3n) is 3.03. The van der Waals surface area contributed by atoms with E-state index in [1.807, 2.05) is 42.5 Å². The van der Waals surface area contributed by atoms with Gasteiger partial charge in [0.2, 0.25) is 0 Å². The molecule has 22 heavy (non-hydrogen) atoms. The molecule has 2 rings (SSSR count). The number of fused-ring (bicyclic) bond motifs is 1. The van der Waals surface area contributed by atoms with Crippen molar-refractivity contribution in [2.24, 2.45) is 0 Å². The first kappa shape index (κ1) is 17.8. The molecule has 3 N–H and O–H groups in total. The summed E-state index contributed by atoms with van der Waals surface area (Å²) in [7, 11) is 0. The van der Waals surface area contributed by atoms with Crippen molar-refractivity contribution in [2.45, 2.75) is 19.8 Å². The van der Waals surface area contributed by atoms with Crippen LogP contribution in [-0.4, -0.2) is 30.5 Å². The number of benzene rings is 2. The lowest BCUT2D eigenvalue weighted by atomic mass is 10.1. The molecule has 0 aliphatic heterocycles. The molecule has 5 heteroatoms. The number of amides is 1. The Hall–Kier alpha value is -2.24. The van der Waals surface area contributed by atoms with Crippen LogP contribution in [-0.2, 0) is 4.79 Å². The Balaban J connectivity index is 0.000000225. The average molecular weight is 302 g/mol. The Kier molecular flexibility index (Phi) is 8.49. The van der Waals surface area contributed by atoms with Crippen LogP contribution in [0.4, 0.5) is 0 Å². The minimum absolute atomic E-state index is 0.191. The predicted octanol–water partition coefficient (Wildman–Crippen LogP) is 2.53. The third kappa shape index (κ3) is 6.47. The highest BCUT2D eigenvalue weighted by atomic mass is 16.5. The summed E-state index contributed by atoms with van der Waals surface area (Å²) in [5.74, 6) is -0.392. The van der Waals surface area contributed by atoms with Crippen molar-refractivity contribution in [3.05, 3.63) is 48.0 Å². The van der Waals surface area contributed by atoms with Gasteiger partial charge in [0.1, 0.15) is 6.29 Å². The van der Waals surface area contributed by atoms with Crippen molar-refractivity contribution in [3.8, 4) is 0 Å². The maximum Gasteiger partial charge on any atom is 0.257 e. The van der Waals surface area contributed by atoms with E-state index in [4.69, 9.17) is 5.21 Å². The van der Waals surface area contributed by atoms with E-state index >= 15 is 0 Å². The molecule has 0 bridgehead atoms. The highest BCUT2D eigenvalue weighted by molar-refractivity contribution is 5.88. The van der Waals surface area contributed by atoms with Crippen molar-refractivity contribution in [3.63, 3.8) is 0 Å². The highest BCUT2D eigenvalue weighted by Gasteiger charge is 1.95. The van der Waals surface area contributed by atoms with E-state index in [1.165, 1.54) is 5.39 Å². The zero-order chi connectivity index (χ0) is 16.2. The number of hydrogen-bond acceptors (Lipinski definition) is 4. The number of unbranched alkanes of at least 4 members (excludes halogenated alkanes) is 1. The fourth-order valence-electron chi connectivity index (χ4n) is 1.82. The third-order valence-corrected chi connectivity index (χ3v) is 3.03. The number of aldehydes is 1. The molecule has 5 nitrogen and oxygen atoms in total. The molecule has 0 spiro atoms. The van der Waals surface area contributed by atoms with E-state index in [-0.39, 0.29) is 6.54 Å². The van der Waals surface area contributed by atoms with Crippen molar-refractivity contribution < 1.29 is 14.8 Å². The van der Waals surface area contributed by atoms with Gasteiger partial charge in [-0.05, 0) is 29.8 Å². The van der Waals surface area contributed by atoms with Crippen LogP contribution in [0.2, 0.25) is 0 Å². The zero-order valence-corrected chi connectivity index (χ0v) is 12.7. The molecule has 0 saturated carbocycles. The molecular weight excluding hydrogens is 280 g/mol. The van der Waals surface area contributed by atoms with Gasteiger partial charge in [0, 0.05) is 5.56 Å². The van der Waals surface area contributed by atoms with Crippen LogP contribution in [0.1, 0.15) is 30.1 Å². The molecule has 0 saturated heterocycles. The first-order valence-electron chi connectivity index (χ1n) is 7.29. The summed E-state index contributed by atoms with van der Waals surface area (Å²) in [6.07, 6.45) is 3.03. The van der Waals surface area contributed by atoms with Gasteiger partial charge in [0.25, 0.3) is 5.91 Å². The van der Waals surface area contributed by atoms with Gasteiger partial charge in [-0.25, -0.2) is 5.48 Å². The number of nitrogens with one attached hydrogen (secondary N) is 2. The van der Waals surface area contributed by atoms with Gasteiger partial charge in [0.15, 0.2) is 0 Å². The minimum Gasteiger partial charge on any atom is -0.308 e. The van der Waals surface area contributed by atoms with Crippen LogP contribution in [0.5, 0.6) is 0 Å². The lowest BCUT2D eigenvalue weighted by molar-refractivity contribution is -0.128. The zero-order valence-electron chi connectivity index (χ0n) is 12.7. The number of carbonyl (C=O) groups excluding carboxylic acids is 2. The molecule has 0 radical (unpaired) electrons. The molecule has 0 heterocycles. The molecule has 1 amide bonds. The molecule has 118 valence electrons. The molecule has 2 aromatic carbocycles. The van der Waals surface area contributed by atoms with Crippen LogP contribution in [0, 0.1) is 0 Å². The standard InChI is InChI=1S/C11H8O.C6H14N2O2/c12-8-9-5-6-10-3-1-2-4-11(10)7-9;1-2-3-4-7-5-6(9)8-10/h1-8H;7,10H,2-5H2,1H3,(H,8,9). The van der Waals surface area contributed by atoms with Crippen LogP contribution in [0.3, 0.4) is 0 Å². The van der Waals surface area contributed by atoms with E-state index in [9.17, 15) is 9.59 Å². The van der Waals surface area contributed by atoms with Gasteiger partial charge < -0.3 is 5.32 Å². The number of hydroxylamine groups is 1. The van der Waals surface area contributed by atoms with E-state index < -0.39 is 5.91 Å². The van der Waals surface area contributed by atoms with Gasteiger partial charge in [0.05, 0.1) is 6.54 Å². The Morgan fingerprint density at radius 1 is 1.18 bits per heavy atom. The summed E-state index contributed by atoms with van der Waals surface area (Å²) >= 11 is 0. The Labute approximate surface area is 130 Å². The normalized spacial score (nSPS) is 9.73. The van der Waals surface area contributed by atoms with Crippen LogP contribution in [0.15, 0.2) is 42.5 Å². The second kappa shape index (κ2) is 10.5. The van der Waals surface area contributed by atoms with E-state index in [0.29, 0.717) is 0 Å². The van der Waals surface area contributed by atoms with Gasteiger partial charge in [-0.1, -0.05) is 49.7 Å². The van der Waals surface area contributed by atoms with Crippen LogP contribution >= 0.6 is 0 Å². The Morgan fingerprint density at radius 3 is 2.55 bits per heavy atom. The molecule has 0 atom stereocenters. The molecule has 0 unspecified atom stereocenters. The number of carbonyl (C=O) groups is 2. The fraction of sp³-hybridized carbons (Fsp3) is 0.294. The smallest absolute Gasteiger partial charge is 0.257 e. The van der Waals surface area contributed by atoms with Gasteiger partial charge in [-0.2, -0.15) is 0 Å². The second-order valence-corrected chi connectivity index (χ2v) is 4.79. The molecule has 0 aliphatic rings. The van der Waals surface area contributed by atoms with E-state index in [2.05, 4.69) is 12.2 Å². The van der Waals surface area contributed by atoms with Crippen molar-refractivity contribution in [1.29, 1.82) is 0 Å². The predicted molar refractivity (Wildman–Crippen MR) is 87.0 cm³/mol. The summed E-state index contributed by atoms with van der Waals surface area (Å²) in [4.78, 5) is 20.8. The number of rotatable bonds is 6. The van der Waals surface area contributed by atoms with Gasteiger partial charge in [-0.15, -0.1) is 0 Å². The fourth-order valence-corrected chi connectivity index (χ4v) is 1.82. The molecule has 2 aromatic rings. The topological polar surface area (TPSA) is 78.4 Å². The van der Waals surface area contributed by atoms with Crippen molar-refractivity contribution in [1.82, 2.24) is 10.8 Å². The number of hydrogen-bond donors (Lipinski definition) is 3. The van der Waals surface area contributed by atoms with Crippen molar-refractivity contribution >= 4 is 23.0 Å². The SMILES string of the molecule is CCCCNCC(=O)NO.O=Cc1ccc2ccccc2c1. The highest BCUT2D eigenvalue weighted by Crippen LogP contribution is 2.14. The summed E-state index contributed by atoms with van der Waals surface area (Å²) in [5.41, 5.74) is 2.27.